The summed E-state index contributed by atoms with van der Waals surface area (Å²) in [5.74, 6) is -0.632. The quantitative estimate of drug-likeness (QED) is 0.583. The standard InChI is InChI=1S/C24H24FN5O3S/c1-29-15-12-27-23(29)22(20-4-2-3-5-21(20)25)28-24(31)18-10-13-30(14-11-18)34(32,33)19-8-6-17(16-26)7-9-19/h2-9,12,15,18,22H,10-11,13-14H2,1H3,(H,28,31)/t22-/m0/s1. The Morgan fingerprint density at radius 3 is 2.44 bits per heavy atom. The predicted molar refractivity (Wildman–Crippen MR) is 122 cm³/mol. The van der Waals surface area contributed by atoms with E-state index in [0.717, 1.165) is 0 Å². The van der Waals surface area contributed by atoms with Crippen LogP contribution in [-0.2, 0) is 21.9 Å². The average Bonchev–Trinajstić information content (AvgIpc) is 3.28. The SMILES string of the molecule is Cn1ccnc1[C@@H](NC(=O)C1CCN(S(=O)(=O)c2ccc(C#N)cc2)CC1)c1ccccc1F. The van der Waals surface area contributed by atoms with E-state index in [0.29, 0.717) is 29.8 Å². The van der Waals surface area contributed by atoms with E-state index in [-0.39, 0.29) is 23.9 Å². The second kappa shape index (κ2) is 9.75. The van der Waals surface area contributed by atoms with Crippen molar-refractivity contribution in [1.29, 1.82) is 5.26 Å². The number of hydrogen-bond acceptors (Lipinski definition) is 5. The average molecular weight is 482 g/mol. The molecule has 0 bridgehead atoms. The molecule has 0 unspecified atom stereocenters. The molecule has 3 aromatic rings. The zero-order chi connectivity index (χ0) is 24.3. The van der Waals surface area contributed by atoms with E-state index in [4.69, 9.17) is 5.26 Å². The third kappa shape index (κ3) is 4.71. The number of aryl methyl sites for hydroxylation is 1. The molecule has 1 aromatic heterocycles. The van der Waals surface area contributed by atoms with Gasteiger partial charge in [0, 0.05) is 44.0 Å². The maximum atomic E-state index is 14.6. The van der Waals surface area contributed by atoms with Gasteiger partial charge < -0.3 is 9.88 Å². The number of aromatic nitrogens is 2. The van der Waals surface area contributed by atoms with Crippen LogP contribution < -0.4 is 5.32 Å². The Balaban J connectivity index is 1.46. The molecule has 1 saturated heterocycles. The number of hydrogen-bond donors (Lipinski definition) is 1. The van der Waals surface area contributed by atoms with Crippen molar-refractivity contribution in [2.24, 2.45) is 13.0 Å². The van der Waals surface area contributed by atoms with Crippen molar-refractivity contribution in [3.05, 3.63) is 83.7 Å². The maximum Gasteiger partial charge on any atom is 0.243 e. The molecule has 1 aliphatic heterocycles. The van der Waals surface area contributed by atoms with E-state index in [1.807, 2.05) is 6.07 Å². The minimum atomic E-state index is -3.72. The molecule has 0 spiro atoms. The lowest BCUT2D eigenvalue weighted by Crippen LogP contribution is -2.44. The number of piperidine rings is 1. The van der Waals surface area contributed by atoms with Gasteiger partial charge in [0.2, 0.25) is 15.9 Å². The third-order valence-electron chi connectivity index (χ3n) is 6.07. The summed E-state index contributed by atoms with van der Waals surface area (Å²) in [6.07, 6.45) is 3.99. The zero-order valence-electron chi connectivity index (χ0n) is 18.6. The number of halogens is 1. The van der Waals surface area contributed by atoms with E-state index in [9.17, 15) is 17.6 Å². The molecule has 0 radical (unpaired) electrons. The fourth-order valence-electron chi connectivity index (χ4n) is 4.11. The van der Waals surface area contributed by atoms with Crippen molar-refractivity contribution in [2.75, 3.05) is 13.1 Å². The molecular weight excluding hydrogens is 457 g/mol. The van der Waals surface area contributed by atoms with Crippen LogP contribution in [0.1, 0.15) is 35.8 Å². The molecule has 1 fully saturated rings. The van der Waals surface area contributed by atoms with Crippen molar-refractivity contribution >= 4 is 15.9 Å². The van der Waals surface area contributed by atoms with Gasteiger partial charge >= 0.3 is 0 Å². The third-order valence-corrected chi connectivity index (χ3v) is 7.98. The van der Waals surface area contributed by atoms with Gasteiger partial charge in [0.25, 0.3) is 0 Å². The molecule has 34 heavy (non-hydrogen) atoms. The van der Waals surface area contributed by atoms with E-state index >= 15 is 0 Å². The van der Waals surface area contributed by atoms with Crippen molar-refractivity contribution in [3.63, 3.8) is 0 Å². The number of carbonyl (C=O) groups excluding carboxylic acids is 1. The summed E-state index contributed by atoms with van der Waals surface area (Å²) in [6.45, 7) is 0.375. The van der Waals surface area contributed by atoms with E-state index in [1.165, 1.54) is 34.6 Å². The molecule has 176 valence electrons. The highest BCUT2D eigenvalue weighted by atomic mass is 32.2. The highest BCUT2D eigenvalue weighted by Gasteiger charge is 2.34. The normalized spacial score (nSPS) is 16.0. The highest BCUT2D eigenvalue weighted by molar-refractivity contribution is 7.89. The first kappa shape index (κ1) is 23.6. The minimum absolute atomic E-state index is 0.115. The fraction of sp³-hybridized carbons (Fsp3) is 0.292. The van der Waals surface area contributed by atoms with Crippen LogP contribution in [0.15, 0.2) is 65.8 Å². The van der Waals surface area contributed by atoms with Crippen molar-refractivity contribution in [3.8, 4) is 6.07 Å². The predicted octanol–water partition coefficient (Wildman–Crippen LogP) is 2.74. The first-order chi connectivity index (χ1) is 16.3. The van der Waals surface area contributed by atoms with Crippen LogP contribution in [0.3, 0.4) is 0 Å². The minimum Gasteiger partial charge on any atom is -0.342 e. The number of benzene rings is 2. The van der Waals surface area contributed by atoms with Crippen LogP contribution in [0.2, 0.25) is 0 Å². The number of amides is 1. The fourth-order valence-corrected chi connectivity index (χ4v) is 5.58. The van der Waals surface area contributed by atoms with Gasteiger partial charge in [-0.2, -0.15) is 9.57 Å². The highest BCUT2D eigenvalue weighted by Crippen LogP contribution is 2.27. The van der Waals surface area contributed by atoms with Crippen LogP contribution in [0.5, 0.6) is 0 Å². The molecule has 2 heterocycles. The zero-order valence-corrected chi connectivity index (χ0v) is 19.4. The van der Waals surface area contributed by atoms with Gasteiger partial charge in [0.1, 0.15) is 17.7 Å². The molecule has 1 amide bonds. The van der Waals surface area contributed by atoms with E-state index < -0.39 is 27.8 Å². The summed E-state index contributed by atoms with van der Waals surface area (Å²) in [6, 6.07) is 13.2. The summed E-state index contributed by atoms with van der Waals surface area (Å²) in [4.78, 5) is 17.5. The lowest BCUT2D eigenvalue weighted by molar-refractivity contribution is -0.126. The maximum absolute atomic E-state index is 14.6. The topological polar surface area (TPSA) is 108 Å². The van der Waals surface area contributed by atoms with Crippen LogP contribution >= 0.6 is 0 Å². The lowest BCUT2D eigenvalue weighted by Gasteiger charge is -2.31. The van der Waals surface area contributed by atoms with Crippen LogP contribution in [0, 0.1) is 23.1 Å². The van der Waals surface area contributed by atoms with Gasteiger partial charge in [-0.1, -0.05) is 18.2 Å². The molecule has 0 saturated carbocycles. The molecule has 1 atom stereocenters. The molecule has 8 nitrogen and oxygen atoms in total. The Kier molecular flexibility index (Phi) is 6.77. The Hall–Kier alpha value is -3.55. The van der Waals surface area contributed by atoms with Gasteiger partial charge in [-0.05, 0) is 43.2 Å². The number of nitriles is 1. The molecule has 10 heteroatoms. The lowest BCUT2D eigenvalue weighted by atomic mass is 9.96. The number of sulfonamides is 1. The number of carbonyl (C=O) groups is 1. The van der Waals surface area contributed by atoms with E-state index in [1.54, 1.807) is 42.2 Å². The first-order valence-electron chi connectivity index (χ1n) is 10.8. The number of rotatable bonds is 6. The number of imidazole rings is 1. The second-order valence-electron chi connectivity index (χ2n) is 8.17. The number of nitrogens with one attached hydrogen (secondary N) is 1. The van der Waals surface area contributed by atoms with Gasteiger partial charge in [0.15, 0.2) is 0 Å². The van der Waals surface area contributed by atoms with Crippen LogP contribution in [0.25, 0.3) is 0 Å². The van der Waals surface area contributed by atoms with E-state index in [2.05, 4.69) is 10.3 Å². The smallest absolute Gasteiger partial charge is 0.243 e. The molecule has 1 aliphatic rings. The van der Waals surface area contributed by atoms with Gasteiger partial charge in [-0.3, -0.25) is 4.79 Å². The summed E-state index contributed by atoms with van der Waals surface area (Å²) in [5.41, 5.74) is 0.692. The van der Waals surface area contributed by atoms with Gasteiger partial charge in [-0.25, -0.2) is 17.8 Å². The molecule has 2 aromatic carbocycles. The van der Waals surface area contributed by atoms with Crippen LogP contribution in [-0.4, -0.2) is 41.3 Å². The molecule has 1 N–H and O–H groups in total. The van der Waals surface area contributed by atoms with Gasteiger partial charge in [-0.15, -0.1) is 0 Å². The Morgan fingerprint density at radius 2 is 1.85 bits per heavy atom. The first-order valence-corrected chi connectivity index (χ1v) is 12.3. The Morgan fingerprint density at radius 1 is 1.18 bits per heavy atom. The summed E-state index contributed by atoms with van der Waals surface area (Å²) >= 11 is 0. The molecule has 4 rings (SSSR count). The summed E-state index contributed by atoms with van der Waals surface area (Å²) < 4.78 is 43.5. The monoisotopic (exact) mass is 481 g/mol. The molecular formula is C24H24FN5O3S. The van der Waals surface area contributed by atoms with Crippen LogP contribution in [0.4, 0.5) is 4.39 Å². The summed E-state index contributed by atoms with van der Waals surface area (Å²) in [5, 5.41) is 11.8. The second-order valence-corrected chi connectivity index (χ2v) is 10.1. The van der Waals surface area contributed by atoms with Crippen molar-refractivity contribution in [1.82, 2.24) is 19.2 Å². The van der Waals surface area contributed by atoms with Crippen molar-refractivity contribution < 1.29 is 17.6 Å². The number of nitrogens with zero attached hydrogens (tertiary/aromatic N) is 4. The molecule has 0 aliphatic carbocycles. The Bertz CT molecular complexity index is 1320. The Labute approximate surface area is 197 Å². The largest absolute Gasteiger partial charge is 0.342 e. The summed E-state index contributed by atoms with van der Waals surface area (Å²) in [7, 11) is -1.95. The van der Waals surface area contributed by atoms with Crippen molar-refractivity contribution in [2.45, 2.75) is 23.8 Å². The van der Waals surface area contributed by atoms with Gasteiger partial charge in [0.05, 0.1) is 16.5 Å².